The van der Waals surface area contributed by atoms with E-state index in [4.69, 9.17) is 4.74 Å². The van der Waals surface area contributed by atoms with Crippen LogP contribution in [-0.2, 0) is 10.2 Å². The number of aliphatic carboxylic acids is 1. The van der Waals surface area contributed by atoms with Crippen LogP contribution in [0.3, 0.4) is 0 Å². The Hall–Kier alpha value is -2.05. The Morgan fingerprint density at radius 2 is 1.94 bits per heavy atom. The summed E-state index contributed by atoms with van der Waals surface area (Å²) in [6, 6.07) is 3.70. The van der Waals surface area contributed by atoms with Gasteiger partial charge in [-0.3, -0.25) is 0 Å². The lowest BCUT2D eigenvalue weighted by Gasteiger charge is -2.47. The number of carboxylic acid groups (broad SMARTS) is 1. The molecule has 4 atom stereocenters. The number of benzene rings is 1. The largest absolute Gasteiger partial charge is 0.508 e. The molecule has 31 heavy (non-hydrogen) atoms. The van der Waals surface area contributed by atoms with Gasteiger partial charge in [-0.15, -0.1) is 0 Å². The van der Waals surface area contributed by atoms with Crippen LogP contribution in [0.15, 0.2) is 23.8 Å². The SMILES string of the molecule is CCC(O)C(O)CCC(C)(C)c1cc(O)c2c(c1)OC(C)(C)[C@@H]1CC=C(C(=O)O)C[C@@H]21. The third kappa shape index (κ3) is 4.60. The zero-order valence-electron chi connectivity index (χ0n) is 19.2. The number of carboxylic acids is 1. The van der Waals surface area contributed by atoms with E-state index in [-0.39, 0.29) is 23.0 Å². The van der Waals surface area contributed by atoms with Gasteiger partial charge in [-0.1, -0.05) is 26.8 Å². The first-order chi connectivity index (χ1) is 14.4. The second kappa shape index (κ2) is 8.47. The molecule has 0 fully saturated rings. The van der Waals surface area contributed by atoms with Crippen LogP contribution in [0.5, 0.6) is 11.5 Å². The Kier molecular flexibility index (Phi) is 6.45. The van der Waals surface area contributed by atoms with Gasteiger partial charge in [0, 0.05) is 23.0 Å². The molecule has 1 aromatic rings. The van der Waals surface area contributed by atoms with E-state index in [1.807, 2.05) is 40.7 Å². The Morgan fingerprint density at radius 3 is 2.55 bits per heavy atom. The first-order valence-corrected chi connectivity index (χ1v) is 11.2. The highest BCUT2D eigenvalue weighted by atomic mass is 16.5. The van der Waals surface area contributed by atoms with Crippen LogP contribution in [0.2, 0.25) is 0 Å². The molecule has 4 N–H and O–H groups in total. The standard InChI is InChI=1S/C25H36O6/c1-6-18(26)19(27)9-10-24(2,3)15-12-20(28)22-16-11-14(23(29)30)7-8-17(16)25(4,5)31-21(22)13-15/h7,12-13,16-19,26-28H,6,8-11H2,1-5H3,(H,29,30)/t16-,17-,18?,19?/m1/s1. The first kappa shape index (κ1) is 23.6. The second-order valence-electron chi connectivity index (χ2n) is 10.3. The van der Waals surface area contributed by atoms with Gasteiger partial charge >= 0.3 is 5.97 Å². The van der Waals surface area contributed by atoms with Crippen molar-refractivity contribution in [3.8, 4) is 11.5 Å². The normalized spacial score (nSPS) is 24.3. The zero-order valence-corrected chi connectivity index (χ0v) is 19.2. The van der Waals surface area contributed by atoms with Crippen molar-refractivity contribution in [2.45, 2.75) is 95.9 Å². The lowest BCUT2D eigenvalue weighted by atomic mass is 9.66. The molecule has 1 aliphatic carbocycles. The van der Waals surface area contributed by atoms with E-state index in [0.717, 1.165) is 5.56 Å². The summed E-state index contributed by atoms with van der Waals surface area (Å²) in [5.74, 6) is -0.205. The fraction of sp³-hybridized carbons (Fsp3) is 0.640. The molecule has 0 radical (unpaired) electrons. The topological polar surface area (TPSA) is 107 Å². The summed E-state index contributed by atoms with van der Waals surface area (Å²) in [6.07, 6.45) is 2.81. The van der Waals surface area contributed by atoms with Gasteiger partial charge < -0.3 is 25.2 Å². The monoisotopic (exact) mass is 432 g/mol. The minimum absolute atomic E-state index is 0.0820. The number of aliphatic hydroxyl groups is 2. The van der Waals surface area contributed by atoms with Crippen LogP contribution >= 0.6 is 0 Å². The number of ether oxygens (including phenoxy) is 1. The van der Waals surface area contributed by atoms with Crippen molar-refractivity contribution >= 4 is 5.97 Å². The summed E-state index contributed by atoms with van der Waals surface area (Å²) in [7, 11) is 0. The second-order valence-corrected chi connectivity index (χ2v) is 10.3. The van der Waals surface area contributed by atoms with Crippen molar-refractivity contribution in [1.82, 2.24) is 0 Å². The highest BCUT2D eigenvalue weighted by Gasteiger charge is 2.47. The van der Waals surface area contributed by atoms with E-state index >= 15 is 0 Å². The van der Waals surface area contributed by atoms with Crippen molar-refractivity contribution in [3.05, 3.63) is 34.9 Å². The van der Waals surface area contributed by atoms with Crippen molar-refractivity contribution in [3.63, 3.8) is 0 Å². The molecule has 0 amide bonds. The predicted octanol–water partition coefficient (Wildman–Crippen LogP) is 4.26. The van der Waals surface area contributed by atoms with E-state index in [0.29, 0.717) is 49.0 Å². The van der Waals surface area contributed by atoms with Crippen LogP contribution in [0.25, 0.3) is 0 Å². The summed E-state index contributed by atoms with van der Waals surface area (Å²) in [4.78, 5) is 11.6. The number of aromatic hydroxyl groups is 1. The molecule has 1 aromatic carbocycles. The lowest BCUT2D eigenvalue weighted by Crippen LogP contribution is -2.46. The van der Waals surface area contributed by atoms with Crippen LogP contribution in [0.1, 0.15) is 83.8 Å². The van der Waals surface area contributed by atoms with Gasteiger partial charge in [-0.2, -0.15) is 0 Å². The number of phenols is 1. The number of fused-ring (bicyclic) bond motifs is 3. The molecule has 2 aliphatic rings. The van der Waals surface area contributed by atoms with E-state index in [1.165, 1.54) is 0 Å². The molecule has 6 nitrogen and oxygen atoms in total. The Labute approximate surface area is 184 Å². The van der Waals surface area contributed by atoms with Gasteiger partial charge in [0.05, 0.1) is 12.2 Å². The highest BCUT2D eigenvalue weighted by Crippen LogP contribution is 2.55. The molecule has 0 saturated heterocycles. The van der Waals surface area contributed by atoms with E-state index in [1.54, 1.807) is 12.1 Å². The molecule has 1 aliphatic heterocycles. The van der Waals surface area contributed by atoms with E-state index < -0.39 is 23.8 Å². The molecule has 3 rings (SSSR count). The van der Waals surface area contributed by atoms with Crippen molar-refractivity contribution < 1.29 is 30.0 Å². The van der Waals surface area contributed by atoms with Gasteiger partial charge in [0.25, 0.3) is 0 Å². The maximum absolute atomic E-state index is 11.6. The van der Waals surface area contributed by atoms with Crippen molar-refractivity contribution in [2.24, 2.45) is 5.92 Å². The van der Waals surface area contributed by atoms with Gasteiger partial charge in [0.15, 0.2) is 0 Å². The molecule has 0 saturated carbocycles. The summed E-state index contributed by atoms with van der Waals surface area (Å²) in [6.45, 7) is 9.96. The molecule has 6 heteroatoms. The average Bonchev–Trinajstić information content (AvgIpc) is 2.70. The molecule has 0 bridgehead atoms. The highest BCUT2D eigenvalue weighted by molar-refractivity contribution is 5.87. The van der Waals surface area contributed by atoms with Crippen molar-refractivity contribution in [2.75, 3.05) is 0 Å². The molecule has 2 unspecified atom stereocenters. The predicted molar refractivity (Wildman–Crippen MR) is 119 cm³/mol. The first-order valence-electron chi connectivity index (χ1n) is 11.2. The van der Waals surface area contributed by atoms with E-state index in [9.17, 15) is 25.2 Å². The molecule has 0 aromatic heterocycles. The summed E-state index contributed by atoms with van der Waals surface area (Å²) < 4.78 is 6.36. The molecule has 1 heterocycles. The number of carbonyl (C=O) groups is 1. The fourth-order valence-corrected chi connectivity index (χ4v) is 5.08. The molecule has 172 valence electrons. The van der Waals surface area contributed by atoms with Crippen LogP contribution in [0.4, 0.5) is 0 Å². The maximum atomic E-state index is 11.6. The number of rotatable bonds is 7. The number of allylic oxidation sites excluding steroid dienone is 1. The maximum Gasteiger partial charge on any atom is 0.331 e. The van der Waals surface area contributed by atoms with E-state index in [2.05, 4.69) is 0 Å². The Balaban J connectivity index is 1.93. The van der Waals surface area contributed by atoms with Gasteiger partial charge in [0.1, 0.15) is 17.1 Å². The Morgan fingerprint density at radius 1 is 1.26 bits per heavy atom. The third-order valence-electron chi connectivity index (χ3n) is 7.28. The number of hydrogen-bond acceptors (Lipinski definition) is 5. The van der Waals surface area contributed by atoms with Gasteiger partial charge in [-0.05, 0) is 69.1 Å². The molecular weight excluding hydrogens is 396 g/mol. The third-order valence-corrected chi connectivity index (χ3v) is 7.28. The number of hydrogen-bond donors (Lipinski definition) is 4. The van der Waals surface area contributed by atoms with Crippen LogP contribution < -0.4 is 4.74 Å². The quantitative estimate of drug-likeness (QED) is 0.513. The minimum atomic E-state index is -0.908. The van der Waals surface area contributed by atoms with Gasteiger partial charge in [0.2, 0.25) is 0 Å². The van der Waals surface area contributed by atoms with Crippen LogP contribution in [-0.4, -0.2) is 44.2 Å². The summed E-state index contributed by atoms with van der Waals surface area (Å²) in [5.41, 5.74) is 1.12. The minimum Gasteiger partial charge on any atom is -0.508 e. The van der Waals surface area contributed by atoms with Crippen LogP contribution in [0, 0.1) is 5.92 Å². The molecule has 0 spiro atoms. The van der Waals surface area contributed by atoms with Gasteiger partial charge in [-0.25, -0.2) is 4.79 Å². The fourth-order valence-electron chi connectivity index (χ4n) is 5.08. The summed E-state index contributed by atoms with van der Waals surface area (Å²) >= 11 is 0. The number of phenolic OH excluding ortho intramolecular Hbond substituents is 1. The smallest absolute Gasteiger partial charge is 0.331 e. The van der Waals surface area contributed by atoms with Crippen molar-refractivity contribution in [1.29, 1.82) is 0 Å². The lowest BCUT2D eigenvalue weighted by molar-refractivity contribution is -0.133. The number of aliphatic hydroxyl groups excluding tert-OH is 2. The molecular formula is C25H36O6. The average molecular weight is 433 g/mol. The summed E-state index contributed by atoms with van der Waals surface area (Å²) in [5, 5.41) is 40.5. The zero-order chi connectivity index (χ0) is 23.1. The Bertz CT molecular complexity index is 869.